The zero-order valence-corrected chi connectivity index (χ0v) is 14.4. The molecule has 2 aromatic rings. The number of amides is 2. The van der Waals surface area contributed by atoms with Crippen molar-refractivity contribution in [3.05, 3.63) is 59.3 Å². The van der Waals surface area contributed by atoms with Crippen molar-refractivity contribution < 1.29 is 23.5 Å². The second kappa shape index (κ2) is 7.70. The number of aliphatic hydroxyl groups is 1. The molecule has 1 aromatic carbocycles. The molecular weight excluding hydrogens is 339 g/mol. The van der Waals surface area contributed by atoms with Gasteiger partial charge in [0.05, 0.1) is 6.26 Å². The second-order valence-electron chi connectivity index (χ2n) is 6.55. The van der Waals surface area contributed by atoms with E-state index in [1.54, 1.807) is 31.2 Å². The zero-order valence-electron chi connectivity index (χ0n) is 14.4. The summed E-state index contributed by atoms with van der Waals surface area (Å²) < 4.78 is 19.1. The summed E-state index contributed by atoms with van der Waals surface area (Å²) in [5, 5.41) is 15.7. The first-order chi connectivity index (χ1) is 12.5. The summed E-state index contributed by atoms with van der Waals surface area (Å²) in [6.45, 7) is 1.58. The van der Waals surface area contributed by atoms with Crippen molar-refractivity contribution in [1.29, 1.82) is 0 Å². The Hall–Kier alpha value is -2.67. The standard InChI is InChI=1S/C19H21FN2O4/c1-11-4-2-5-14(16(11)20)17(23)19(25)22-13-8-7-12(10-13)21-18(24)15-6-3-9-26-15/h2-6,9,12-13,17,23H,7-8,10H2,1H3,(H,21,24)(H,22,25)/t12-,13+,17?/m0/s1. The lowest BCUT2D eigenvalue weighted by molar-refractivity contribution is -0.130. The van der Waals surface area contributed by atoms with Crippen LogP contribution in [0, 0.1) is 12.7 Å². The minimum Gasteiger partial charge on any atom is -0.459 e. The summed E-state index contributed by atoms with van der Waals surface area (Å²) in [5.41, 5.74) is 0.332. The van der Waals surface area contributed by atoms with Crippen LogP contribution in [0.5, 0.6) is 0 Å². The summed E-state index contributed by atoms with van der Waals surface area (Å²) >= 11 is 0. The van der Waals surface area contributed by atoms with E-state index >= 15 is 0 Å². The van der Waals surface area contributed by atoms with Gasteiger partial charge in [-0.3, -0.25) is 9.59 Å². The summed E-state index contributed by atoms with van der Waals surface area (Å²) in [6, 6.07) is 7.51. The van der Waals surface area contributed by atoms with Crippen molar-refractivity contribution >= 4 is 11.8 Å². The average Bonchev–Trinajstić information content (AvgIpc) is 3.29. The summed E-state index contributed by atoms with van der Waals surface area (Å²) in [6.07, 6.45) is 1.77. The Morgan fingerprint density at radius 1 is 1.19 bits per heavy atom. The highest BCUT2D eigenvalue weighted by molar-refractivity contribution is 5.91. The van der Waals surface area contributed by atoms with Gasteiger partial charge >= 0.3 is 0 Å². The fraction of sp³-hybridized carbons (Fsp3) is 0.368. The van der Waals surface area contributed by atoms with E-state index in [2.05, 4.69) is 10.6 Å². The van der Waals surface area contributed by atoms with Gasteiger partial charge in [-0.25, -0.2) is 4.39 Å². The topological polar surface area (TPSA) is 91.6 Å². The molecule has 6 nitrogen and oxygen atoms in total. The van der Waals surface area contributed by atoms with Gasteiger partial charge in [-0.2, -0.15) is 0 Å². The summed E-state index contributed by atoms with van der Waals surface area (Å²) in [7, 11) is 0. The Balaban J connectivity index is 1.54. The molecule has 3 rings (SSSR count). The lowest BCUT2D eigenvalue weighted by Crippen LogP contribution is -2.39. The Labute approximate surface area is 150 Å². The number of halogens is 1. The number of rotatable bonds is 5. The molecule has 3 N–H and O–H groups in total. The van der Waals surface area contributed by atoms with Crippen molar-refractivity contribution in [2.45, 2.75) is 44.4 Å². The van der Waals surface area contributed by atoms with E-state index in [0.29, 0.717) is 24.8 Å². The first-order valence-corrected chi connectivity index (χ1v) is 8.53. The van der Waals surface area contributed by atoms with Crippen LogP contribution < -0.4 is 10.6 Å². The summed E-state index contributed by atoms with van der Waals surface area (Å²) in [4.78, 5) is 24.2. The van der Waals surface area contributed by atoms with Gasteiger partial charge in [-0.1, -0.05) is 18.2 Å². The molecule has 1 aliphatic rings. The van der Waals surface area contributed by atoms with Crippen molar-refractivity contribution in [1.82, 2.24) is 10.6 Å². The smallest absolute Gasteiger partial charge is 0.287 e. The Morgan fingerprint density at radius 2 is 1.92 bits per heavy atom. The molecule has 0 radical (unpaired) electrons. The number of hydrogen-bond donors (Lipinski definition) is 3. The van der Waals surface area contributed by atoms with Crippen LogP contribution in [0.25, 0.3) is 0 Å². The molecule has 0 aliphatic heterocycles. The maximum atomic E-state index is 14.1. The molecule has 0 saturated heterocycles. The SMILES string of the molecule is Cc1cccc(C(O)C(=O)N[C@@H]2CC[C@H](NC(=O)c3ccco3)C2)c1F. The lowest BCUT2D eigenvalue weighted by atomic mass is 10.0. The average molecular weight is 360 g/mol. The van der Waals surface area contributed by atoms with Crippen LogP contribution >= 0.6 is 0 Å². The molecule has 1 heterocycles. The van der Waals surface area contributed by atoms with E-state index in [4.69, 9.17) is 4.42 Å². The number of carbonyl (C=O) groups excluding carboxylic acids is 2. The van der Waals surface area contributed by atoms with Crippen LogP contribution in [0.4, 0.5) is 4.39 Å². The first-order valence-electron chi connectivity index (χ1n) is 8.53. The van der Waals surface area contributed by atoms with Gasteiger partial charge < -0.3 is 20.2 Å². The molecule has 7 heteroatoms. The maximum absolute atomic E-state index is 14.1. The molecule has 138 valence electrons. The fourth-order valence-electron chi connectivity index (χ4n) is 3.21. The Morgan fingerprint density at radius 3 is 2.62 bits per heavy atom. The van der Waals surface area contributed by atoms with Crippen LogP contribution in [0.1, 0.15) is 47.0 Å². The van der Waals surface area contributed by atoms with Crippen molar-refractivity contribution in [2.75, 3.05) is 0 Å². The van der Waals surface area contributed by atoms with Crippen molar-refractivity contribution in [2.24, 2.45) is 0 Å². The van der Waals surface area contributed by atoms with Crippen LogP contribution in [0.15, 0.2) is 41.0 Å². The lowest BCUT2D eigenvalue weighted by Gasteiger charge is -2.18. The molecule has 1 fully saturated rings. The molecule has 2 amide bonds. The number of hydrogen-bond acceptors (Lipinski definition) is 4. The number of furan rings is 1. The monoisotopic (exact) mass is 360 g/mol. The molecule has 1 aliphatic carbocycles. The molecule has 1 saturated carbocycles. The molecule has 3 atom stereocenters. The third-order valence-corrected chi connectivity index (χ3v) is 4.62. The van der Waals surface area contributed by atoms with E-state index in [1.807, 2.05) is 0 Å². The van der Waals surface area contributed by atoms with Gasteiger partial charge in [0.1, 0.15) is 5.82 Å². The maximum Gasteiger partial charge on any atom is 0.287 e. The highest BCUT2D eigenvalue weighted by Gasteiger charge is 2.30. The molecule has 1 unspecified atom stereocenters. The predicted octanol–water partition coefficient (Wildman–Crippen LogP) is 2.23. The number of carbonyl (C=O) groups is 2. The minimum absolute atomic E-state index is 0.0387. The van der Waals surface area contributed by atoms with E-state index in [1.165, 1.54) is 12.3 Å². The van der Waals surface area contributed by atoms with Crippen molar-refractivity contribution in [3.63, 3.8) is 0 Å². The fourth-order valence-corrected chi connectivity index (χ4v) is 3.21. The Bertz CT molecular complexity index is 791. The van der Waals surface area contributed by atoms with Gasteiger partial charge in [0.25, 0.3) is 11.8 Å². The third-order valence-electron chi connectivity index (χ3n) is 4.62. The number of nitrogens with one attached hydrogen (secondary N) is 2. The minimum atomic E-state index is -1.56. The van der Waals surface area contributed by atoms with Gasteiger partial charge in [0.2, 0.25) is 0 Å². The number of aryl methyl sites for hydroxylation is 1. The van der Waals surface area contributed by atoms with E-state index < -0.39 is 17.8 Å². The van der Waals surface area contributed by atoms with E-state index in [-0.39, 0.29) is 29.3 Å². The highest BCUT2D eigenvalue weighted by atomic mass is 19.1. The first kappa shape index (κ1) is 18.1. The Kier molecular flexibility index (Phi) is 5.37. The highest BCUT2D eigenvalue weighted by Crippen LogP contribution is 2.23. The molecular formula is C19H21FN2O4. The molecule has 26 heavy (non-hydrogen) atoms. The largest absolute Gasteiger partial charge is 0.459 e. The van der Waals surface area contributed by atoms with E-state index in [0.717, 1.165) is 0 Å². The van der Waals surface area contributed by atoms with Crippen molar-refractivity contribution in [3.8, 4) is 0 Å². The predicted molar refractivity (Wildman–Crippen MR) is 91.8 cm³/mol. The van der Waals surface area contributed by atoms with Gasteiger partial charge in [-0.15, -0.1) is 0 Å². The van der Waals surface area contributed by atoms with Gasteiger partial charge in [-0.05, 0) is 43.9 Å². The molecule has 0 spiro atoms. The third kappa shape index (κ3) is 3.94. The molecule has 1 aromatic heterocycles. The van der Waals surface area contributed by atoms with Gasteiger partial charge in [0.15, 0.2) is 11.9 Å². The van der Waals surface area contributed by atoms with Gasteiger partial charge in [0, 0.05) is 17.6 Å². The zero-order chi connectivity index (χ0) is 18.7. The number of aliphatic hydroxyl groups excluding tert-OH is 1. The van der Waals surface area contributed by atoms with Crippen LogP contribution in [-0.4, -0.2) is 29.0 Å². The van der Waals surface area contributed by atoms with Crippen LogP contribution in [0.2, 0.25) is 0 Å². The van der Waals surface area contributed by atoms with E-state index in [9.17, 15) is 19.1 Å². The second-order valence-corrected chi connectivity index (χ2v) is 6.55. The normalized spacial score (nSPS) is 20.6. The van der Waals surface area contributed by atoms with Crippen LogP contribution in [0.3, 0.4) is 0 Å². The summed E-state index contributed by atoms with van der Waals surface area (Å²) in [5.74, 6) is -1.28. The van der Waals surface area contributed by atoms with Crippen LogP contribution in [-0.2, 0) is 4.79 Å². The quantitative estimate of drug-likeness (QED) is 0.762. The number of benzene rings is 1. The molecule has 0 bridgehead atoms.